The van der Waals surface area contributed by atoms with Crippen molar-refractivity contribution in [2.45, 2.75) is 38.5 Å². The monoisotopic (exact) mass is 286 g/mol. The Morgan fingerprint density at radius 2 is 1.05 bits per heavy atom. The third-order valence-corrected chi connectivity index (χ3v) is 5.26. The minimum Gasteiger partial charge on any atom is -0.0734 e. The molecule has 0 aliphatic heterocycles. The summed E-state index contributed by atoms with van der Waals surface area (Å²) in [5, 5.41) is 0. The fourth-order valence-electron chi connectivity index (χ4n) is 4.16. The number of hydrogen-bond donors (Lipinski definition) is 0. The molecule has 0 heteroatoms. The van der Waals surface area contributed by atoms with E-state index in [1.807, 2.05) is 0 Å². The molecule has 2 unspecified atom stereocenters. The van der Waals surface area contributed by atoms with Crippen LogP contribution < -0.4 is 0 Å². The van der Waals surface area contributed by atoms with Crippen LogP contribution >= 0.6 is 0 Å². The second-order valence-corrected chi connectivity index (χ2v) is 6.66. The average molecular weight is 286 g/mol. The number of hydrogen-bond acceptors (Lipinski definition) is 0. The Morgan fingerprint density at radius 3 is 1.50 bits per heavy atom. The molecule has 0 aromatic heterocycles. The Morgan fingerprint density at radius 1 is 0.636 bits per heavy atom. The van der Waals surface area contributed by atoms with Gasteiger partial charge in [-0.25, -0.2) is 0 Å². The first-order valence-corrected chi connectivity index (χ1v) is 8.29. The van der Waals surface area contributed by atoms with E-state index in [2.05, 4.69) is 74.5 Å². The molecule has 4 rings (SSSR count). The van der Waals surface area contributed by atoms with Crippen LogP contribution in [0.15, 0.2) is 60.7 Å². The molecule has 0 fully saturated rings. The summed E-state index contributed by atoms with van der Waals surface area (Å²) in [7, 11) is 0. The Bertz CT molecular complexity index is 709. The summed E-state index contributed by atoms with van der Waals surface area (Å²) in [5.74, 6) is 1.19. The number of rotatable bonds is 3. The SMILES string of the molecule is CC1=CC(CCC2C=C(C)c3ccccc32)c2ccccc21. The second-order valence-electron chi connectivity index (χ2n) is 6.66. The molecule has 2 atom stereocenters. The molecule has 0 saturated heterocycles. The zero-order valence-corrected chi connectivity index (χ0v) is 13.3. The lowest BCUT2D eigenvalue weighted by atomic mass is 9.89. The molecule has 0 bridgehead atoms. The Balaban J connectivity index is 1.54. The van der Waals surface area contributed by atoms with Crippen molar-refractivity contribution in [3.8, 4) is 0 Å². The van der Waals surface area contributed by atoms with Gasteiger partial charge >= 0.3 is 0 Å². The van der Waals surface area contributed by atoms with Crippen LogP contribution in [0.3, 0.4) is 0 Å². The van der Waals surface area contributed by atoms with Gasteiger partial charge in [-0.15, -0.1) is 0 Å². The molecular formula is C22H22. The fraction of sp³-hybridized carbons (Fsp3) is 0.273. The summed E-state index contributed by atoms with van der Waals surface area (Å²) in [5.41, 5.74) is 8.83. The Kier molecular flexibility index (Phi) is 3.26. The molecule has 110 valence electrons. The van der Waals surface area contributed by atoms with Crippen LogP contribution in [0.4, 0.5) is 0 Å². The second kappa shape index (κ2) is 5.28. The van der Waals surface area contributed by atoms with Crippen molar-refractivity contribution in [2.24, 2.45) is 0 Å². The summed E-state index contributed by atoms with van der Waals surface area (Å²) in [6.07, 6.45) is 7.39. The summed E-state index contributed by atoms with van der Waals surface area (Å²) in [6, 6.07) is 17.8. The molecule has 0 saturated carbocycles. The quantitative estimate of drug-likeness (QED) is 0.633. The van der Waals surface area contributed by atoms with Crippen LogP contribution in [0.25, 0.3) is 11.1 Å². The molecule has 2 aromatic carbocycles. The maximum absolute atomic E-state index is 2.46. The molecular weight excluding hydrogens is 264 g/mol. The maximum atomic E-state index is 2.46. The van der Waals surface area contributed by atoms with Crippen molar-refractivity contribution in [1.29, 1.82) is 0 Å². The van der Waals surface area contributed by atoms with Gasteiger partial charge in [-0.1, -0.05) is 60.7 Å². The first kappa shape index (κ1) is 13.6. The molecule has 0 spiro atoms. The summed E-state index contributed by atoms with van der Waals surface area (Å²) in [6.45, 7) is 4.49. The van der Waals surface area contributed by atoms with E-state index in [-0.39, 0.29) is 0 Å². The third-order valence-electron chi connectivity index (χ3n) is 5.26. The van der Waals surface area contributed by atoms with Crippen LogP contribution in [0.2, 0.25) is 0 Å². The molecule has 0 amide bonds. The molecule has 22 heavy (non-hydrogen) atoms. The van der Waals surface area contributed by atoms with Crippen molar-refractivity contribution in [3.63, 3.8) is 0 Å². The van der Waals surface area contributed by atoms with Gasteiger partial charge in [0.25, 0.3) is 0 Å². The third kappa shape index (κ3) is 2.14. The normalized spacial score (nSPS) is 22.1. The van der Waals surface area contributed by atoms with Crippen molar-refractivity contribution in [1.82, 2.24) is 0 Å². The molecule has 0 radical (unpaired) electrons. The summed E-state index contributed by atoms with van der Waals surface area (Å²) in [4.78, 5) is 0. The van der Waals surface area contributed by atoms with E-state index in [1.54, 1.807) is 0 Å². The minimum absolute atomic E-state index is 0.595. The minimum atomic E-state index is 0.595. The smallest absolute Gasteiger partial charge is 0.00302 e. The van der Waals surface area contributed by atoms with E-state index < -0.39 is 0 Å². The van der Waals surface area contributed by atoms with Crippen LogP contribution in [0.5, 0.6) is 0 Å². The lowest BCUT2D eigenvalue weighted by molar-refractivity contribution is 0.642. The first-order chi connectivity index (χ1) is 10.7. The first-order valence-electron chi connectivity index (χ1n) is 8.29. The van der Waals surface area contributed by atoms with E-state index in [1.165, 1.54) is 46.2 Å². The van der Waals surface area contributed by atoms with Crippen LogP contribution in [0, 0.1) is 0 Å². The van der Waals surface area contributed by atoms with Gasteiger partial charge in [-0.05, 0) is 60.1 Å². The van der Waals surface area contributed by atoms with Gasteiger partial charge < -0.3 is 0 Å². The zero-order valence-electron chi connectivity index (χ0n) is 13.3. The largest absolute Gasteiger partial charge is 0.0734 e. The Hall–Kier alpha value is -2.08. The number of benzene rings is 2. The van der Waals surface area contributed by atoms with E-state index in [0.29, 0.717) is 11.8 Å². The lowest BCUT2D eigenvalue weighted by Gasteiger charge is -2.15. The average Bonchev–Trinajstić information content (AvgIpc) is 3.04. The van der Waals surface area contributed by atoms with Gasteiger partial charge in [-0.3, -0.25) is 0 Å². The Labute approximate surface area is 133 Å². The summed E-state index contributed by atoms with van der Waals surface area (Å²) < 4.78 is 0. The van der Waals surface area contributed by atoms with E-state index in [4.69, 9.17) is 0 Å². The standard InChI is InChI=1S/C22H22/c1-15-13-17(21-9-5-3-7-19(15)21)11-12-18-14-16(2)20-8-4-6-10-22(18)20/h3-10,13-14,17-18H,11-12H2,1-2H3. The molecule has 2 aromatic rings. The van der Waals surface area contributed by atoms with Gasteiger partial charge in [0.1, 0.15) is 0 Å². The van der Waals surface area contributed by atoms with Gasteiger partial charge in [0.05, 0.1) is 0 Å². The zero-order chi connectivity index (χ0) is 15.1. The predicted octanol–water partition coefficient (Wildman–Crippen LogP) is 6.17. The highest BCUT2D eigenvalue weighted by atomic mass is 14.3. The highest BCUT2D eigenvalue weighted by molar-refractivity contribution is 5.74. The topological polar surface area (TPSA) is 0 Å². The van der Waals surface area contributed by atoms with Gasteiger partial charge in [0.2, 0.25) is 0 Å². The van der Waals surface area contributed by atoms with Crippen LogP contribution in [0.1, 0.15) is 60.8 Å². The van der Waals surface area contributed by atoms with Crippen molar-refractivity contribution in [2.75, 3.05) is 0 Å². The highest BCUT2D eigenvalue weighted by Gasteiger charge is 2.24. The highest BCUT2D eigenvalue weighted by Crippen LogP contribution is 2.43. The molecule has 2 aliphatic rings. The van der Waals surface area contributed by atoms with Crippen LogP contribution in [-0.4, -0.2) is 0 Å². The van der Waals surface area contributed by atoms with E-state index in [0.717, 1.165) is 0 Å². The fourth-order valence-corrected chi connectivity index (χ4v) is 4.16. The van der Waals surface area contributed by atoms with Gasteiger partial charge in [-0.2, -0.15) is 0 Å². The van der Waals surface area contributed by atoms with Crippen LogP contribution in [-0.2, 0) is 0 Å². The lowest BCUT2D eigenvalue weighted by Crippen LogP contribution is -1.98. The molecule has 0 N–H and O–H groups in total. The van der Waals surface area contributed by atoms with Gasteiger partial charge in [0.15, 0.2) is 0 Å². The van der Waals surface area contributed by atoms with Crippen molar-refractivity contribution >= 4 is 11.1 Å². The number of allylic oxidation sites excluding steroid dienone is 4. The van der Waals surface area contributed by atoms with E-state index in [9.17, 15) is 0 Å². The van der Waals surface area contributed by atoms with Crippen molar-refractivity contribution in [3.05, 3.63) is 82.9 Å². The summed E-state index contributed by atoms with van der Waals surface area (Å²) >= 11 is 0. The predicted molar refractivity (Wildman–Crippen MR) is 94.9 cm³/mol. The van der Waals surface area contributed by atoms with Gasteiger partial charge in [0, 0.05) is 11.8 Å². The number of fused-ring (bicyclic) bond motifs is 2. The van der Waals surface area contributed by atoms with E-state index >= 15 is 0 Å². The molecule has 0 heterocycles. The molecule has 2 aliphatic carbocycles. The van der Waals surface area contributed by atoms with Crippen molar-refractivity contribution < 1.29 is 0 Å². The maximum Gasteiger partial charge on any atom is 0.00302 e. The molecule has 0 nitrogen and oxygen atoms in total.